The van der Waals surface area contributed by atoms with E-state index in [9.17, 15) is 27.6 Å². The zero-order valence-electron chi connectivity index (χ0n) is 19.7. The van der Waals surface area contributed by atoms with Crippen LogP contribution in [0.1, 0.15) is 52.5 Å². The number of nitrogens with one attached hydrogen (secondary N) is 2. The summed E-state index contributed by atoms with van der Waals surface area (Å²) < 4.78 is 49.9. The molecule has 0 aliphatic carbocycles. The largest absolute Gasteiger partial charge is 0.460 e. The Bertz CT molecular complexity index is 900. The molecule has 2 N–H and O–H groups in total. The molecular weight excluding hydrogens is 477 g/mol. The Hall–Kier alpha value is -2.75. The Morgan fingerprint density at radius 2 is 1.79 bits per heavy atom. The molecule has 2 amide bonds. The first-order valence-corrected chi connectivity index (χ1v) is 10.9. The minimum absolute atomic E-state index is 0.0286. The van der Waals surface area contributed by atoms with Gasteiger partial charge in [-0.3, -0.25) is 9.59 Å². The molecule has 0 heterocycles. The molecule has 34 heavy (non-hydrogen) atoms. The minimum atomic E-state index is -4.78. The van der Waals surface area contributed by atoms with Crippen molar-refractivity contribution in [3.8, 4) is 0 Å². The van der Waals surface area contributed by atoms with Crippen molar-refractivity contribution >= 4 is 35.3 Å². The number of carbonyl (C=O) groups excluding carboxylic acids is 3. The van der Waals surface area contributed by atoms with Gasteiger partial charge in [-0.05, 0) is 44.4 Å². The molecule has 1 aromatic rings. The van der Waals surface area contributed by atoms with Crippen molar-refractivity contribution in [2.24, 2.45) is 5.92 Å². The summed E-state index contributed by atoms with van der Waals surface area (Å²) in [6.45, 7) is 10.8. The predicted octanol–water partition coefficient (Wildman–Crippen LogP) is 5.59. The van der Waals surface area contributed by atoms with E-state index in [4.69, 9.17) is 16.3 Å². The molecule has 0 fully saturated rings. The van der Waals surface area contributed by atoms with Crippen LogP contribution in [0, 0.1) is 5.92 Å². The Morgan fingerprint density at radius 1 is 1.18 bits per heavy atom. The van der Waals surface area contributed by atoms with Gasteiger partial charge in [-0.2, -0.15) is 13.2 Å². The fourth-order valence-corrected chi connectivity index (χ4v) is 2.98. The van der Waals surface area contributed by atoms with Crippen LogP contribution in [0.25, 0.3) is 0 Å². The summed E-state index contributed by atoms with van der Waals surface area (Å²) in [5.41, 5.74) is -0.0230. The van der Waals surface area contributed by atoms with Crippen LogP contribution < -0.4 is 10.6 Å². The molecule has 0 spiro atoms. The first-order valence-electron chi connectivity index (χ1n) is 10.5. The lowest BCUT2D eigenvalue weighted by Crippen LogP contribution is -2.52. The van der Waals surface area contributed by atoms with Crippen molar-refractivity contribution in [2.75, 3.05) is 11.9 Å². The zero-order chi connectivity index (χ0) is 26.3. The highest BCUT2D eigenvalue weighted by Gasteiger charge is 2.45. The first-order chi connectivity index (χ1) is 15.5. The van der Waals surface area contributed by atoms with Gasteiger partial charge >= 0.3 is 18.2 Å². The van der Waals surface area contributed by atoms with E-state index in [2.05, 4.69) is 16.6 Å². The predicted molar refractivity (Wildman–Crippen MR) is 123 cm³/mol. The van der Waals surface area contributed by atoms with Crippen molar-refractivity contribution in [3.63, 3.8) is 0 Å². The fourth-order valence-electron chi connectivity index (χ4n) is 2.82. The second-order valence-corrected chi connectivity index (χ2v) is 9.17. The number of benzene rings is 1. The van der Waals surface area contributed by atoms with E-state index in [0.717, 1.165) is 6.92 Å². The van der Waals surface area contributed by atoms with E-state index in [1.807, 2.05) is 5.32 Å². The molecule has 0 saturated carbocycles. The van der Waals surface area contributed by atoms with E-state index in [-0.39, 0.29) is 29.7 Å². The van der Waals surface area contributed by atoms with Gasteiger partial charge in [0.05, 0.1) is 23.0 Å². The third-order valence-corrected chi connectivity index (χ3v) is 4.94. The molecule has 1 rings (SSSR count). The fraction of sp³-hybridized carbons (Fsp3) is 0.522. The van der Waals surface area contributed by atoms with Gasteiger partial charge in [0.2, 0.25) is 5.91 Å². The number of alkyl carbamates (subject to hydrolysis) is 1. The number of rotatable bonds is 9. The highest BCUT2D eigenvalue weighted by atomic mass is 35.5. The third-order valence-electron chi connectivity index (χ3n) is 4.61. The average Bonchev–Trinajstić information content (AvgIpc) is 2.69. The summed E-state index contributed by atoms with van der Waals surface area (Å²) in [6, 6.07) is 2.55. The average molecular weight is 507 g/mol. The normalized spacial score (nSPS) is 14.4. The summed E-state index contributed by atoms with van der Waals surface area (Å²) in [4.78, 5) is 36.7. The van der Waals surface area contributed by atoms with Gasteiger partial charge in [-0.25, -0.2) is 4.79 Å². The molecular formula is C23H30ClF3N2O5. The molecule has 3 atom stereocenters. The van der Waals surface area contributed by atoms with E-state index >= 15 is 0 Å². The first kappa shape index (κ1) is 29.3. The number of carbonyl (C=O) groups is 3. The third kappa shape index (κ3) is 9.62. The second-order valence-electron chi connectivity index (χ2n) is 8.76. The van der Waals surface area contributed by atoms with E-state index in [1.54, 1.807) is 33.8 Å². The summed E-state index contributed by atoms with van der Waals surface area (Å²) in [5.74, 6) is -4.13. The molecule has 0 bridgehead atoms. The maximum atomic E-state index is 13.3. The maximum absolute atomic E-state index is 13.3. The van der Waals surface area contributed by atoms with Gasteiger partial charge in [0.15, 0.2) is 0 Å². The highest BCUT2D eigenvalue weighted by Crippen LogP contribution is 2.32. The van der Waals surface area contributed by atoms with Crippen molar-refractivity contribution < 1.29 is 37.0 Å². The van der Waals surface area contributed by atoms with Crippen molar-refractivity contribution in [3.05, 3.63) is 41.4 Å². The van der Waals surface area contributed by atoms with Gasteiger partial charge in [0, 0.05) is 0 Å². The summed E-state index contributed by atoms with van der Waals surface area (Å²) in [5, 5.41) is 4.34. The summed E-state index contributed by atoms with van der Waals surface area (Å²) in [7, 11) is 0. The number of anilines is 1. The van der Waals surface area contributed by atoms with Crippen molar-refractivity contribution in [1.82, 2.24) is 5.32 Å². The van der Waals surface area contributed by atoms with Crippen LogP contribution in [0.15, 0.2) is 30.9 Å². The number of hydrogen-bond acceptors (Lipinski definition) is 5. The van der Waals surface area contributed by atoms with Crippen LogP contribution in [0.4, 0.5) is 23.7 Å². The van der Waals surface area contributed by atoms with Crippen LogP contribution in [0.5, 0.6) is 0 Å². The van der Waals surface area contributed by atoms with Gasteiger partial charge in [0.1, 0.15) is 18.2 Å². The second kappa shape index (κ2) is 12.1. The lowest BCUT2D eigenvalue weighted by molar-refractivity contribution is -0.178. The van der Waals surface area contributed by atoms with E-state index < -0.39 is 41.7 Å². The molecule has 0 saturated heterocycles. The SMILES string of the molecule is C=CCOC(=O)NC(C(=O)Nc1cc([C@@H](C)CC(=O)OC(C)(C)C)ccc1Cl)[C@@H](C)C(F)(F)F. The molecule has 0 aromatic heterocycles. The van der Waals surface area contributed by atoms with Crippen molar-refractivity contribution in [1.29, 1.82) is 0 Å². The van der Waals surface area contributed by atoms with Gasteiger partial charge in [0.25, 0.3) is 0 Å². The van der Waals surface area contributed by atoms with E-state index in [0.29, 0.717) is 5.56 Å². The number of ether oxygens (including phenoxy) is 2. The topological polar surface area (TPSA) is 93.7 Å². The minimum Gasteiger partial charge on any atom is -0.460 e. The molecule has 1 unspecified atom stereocenters. The Labute approximate surface area is 202 Å². The molecule has 11 heteroatoms. The number of esters is 1. The van der Waals surface area contributed by atoms with Crippen LogP contribution in [-0.2, 0) is 19.1 Å². The molecule has 0 aliphatic rings. The Morgan fingerprint density at radius 3 is 2.32 bits per heavy atom. The van der Waals surface area contributed by atoms with Crippen LogP contribution in [0.2, 0.25) is 5.02 Å². The number of halogens is 4. The molecule has 190 valence electrons. The zero-order valence-corrected chi connectivity index (χ0v) is 20.5. The van der Waals surface area contributed by atoms with Crippen LogP contribution in [-0.4, -0.2) is 42.4 Å². The molecule has 1 aromatic carbocycles. The lowest BCUT2D eigenvalue weighted by Gasteiger charge is -2.26. The number of hydrogen-bond donors (Lipinski definition) is 2. The molecule has 0 radical (unpaired) electrons. The molecule has 0 aliphatic heterocycles. The maximum Gasteiger partial charge on any atom is 0.408 e. The van der Waals surface area contributed by atoms with Crippen molar-refractivity contribution in [2.45, 2.75) is 64.8 Å². The smallest absolute Gasteiger partial charge is 0.408 e. The Kier molecular flexibility index (Phi) is 10.4. The summed E-state index contributed by atoms with van der Waals surface area (Å²) >= 11 is 6.13. The standard InChI is InChI=1S/C23H30ClF3N2O5/c1-7-10-33-21(32)29-19(14(3)23(25,26)27)20(31)28-17-12-15(8-9-16(17)24)13(2)11-18(30)34-22(4,5)6/h7-9,12-14,19H,1,10-11H2,2-6H3,(H,28,31)(H,29,32)/t13-,14+,19?/m0/s1. The van der Waals surface area contributed by atoms with E-state index in [1.165, 1.54) is 18.2 Å². The van der Waals surface area contributed by atoms with Gasteiger partial charge in [-0.1, -0.05) is 44.2 Å². The quantitative estimate of drug-likeness (QED) is 0.336. The highest BCUT2D eigenvalue weighted by molar-refractivity contribution is 6.33. The molecule has 7 nitrogen and oxygen atoms in total. The monoisotopic (exact) mass is 506 g/mol. The number of amides is 2. The number of alkyl halides is 3. The van der Waals surface area contributed by atoms with Crippen LogP contribution in [0.3, 0.4) is 0 Å². The van der Waals surface area contributed by atoms with Gasteiger partial charge in [-0.15, -0.1) is 0 Å². The Balaban J connectivity index is 3.08. The van der Waals surface area contributed by atoms with Gasteiger partial charge < -0.3 is 20.1 Å². The lowest BCUT2D eigenvalue weighted by atomic mass is 9.96. The van der Waals surface area contributed by atoms with Crippen LogP contribution >= 0.6 is 11.6 Å². The summed E-state index contributed by atoms with van der Waals surface area (Å²) in [6.07, 6.45) is -4.72.